The summed E-state index contributed by atoms with van der Waals surface area (Å²) in [4.78, 5) is 28.7. The molecule has 0 radical (unpaired) electrons. The lowest BCUT2D eigenvalue weighted by atomic mass is 10.1. The number of aromatic amines is 1. The molecule has 0 saturated heterocycles. The van der Waals surface area contributed by atoms with Crippen LogP contribution in [0.25, 0.3) is 10.9 Å². The number of nitrogens with one attached hydrogen (secondary N) is 1. The Morgan fingerprint density at radius 2 is 1.75 bits per heavy atom. The zero-order valence-corrected chi connectivity index (χ0v) is 13.5. The van der Waals surface area contributed by atoms with Crippen LogP contribution in [0.4, 0.5) is 5.69 Å². The summed E-state index contributed by atoms with van der Waals surface area (Å²) < 4.78 is 0. The highest BCUT2D eigenvalue weighted by molar-refractivity contribution is 6.03. The van der Waals surface area contributed by atoms with E-state index in [0.29, 0.717) is 5.56 Å². The Hall–Kier alpha value is -3.08. The quantitative estimate of drug-likeness (QED) is 0.773. The SMILES string of the molecule is Cc1ccccc1N(C)C(=O)Cc1c(C(=O)O)[nH]c2ccccc12. The molecule has 0 atom stereocenters. The molecular weight excluding hydrogens is 304 g/mol. The Kier molecular flexibility index (Phi) is 4.08. The molecule has 5 heteroatoms. The summed E-state index contributed by atoms with van der Waals surface area (Å²) in [7, 11) is 1.71. The van der Waals surface area contributed by atoms with Crippen LogP contribution in [-0.2, 0) is 11.2 Å². The number of hydrogen-bond donors (Lipinski definition) is 2. The van der Waals surface area contributed by atoms with Crippen LogP contribution >= 0.6 is 0 Å². The zero-order chi connectivity index (χ0) is 17.3. The summed E-state index contributed by atoms with van der Waals surface area (Å²) in [5, 5.41) is 10.2. The summed E-state index contributed by atoms with van der Waals surface area (Å²) in [6.07, 6.45) is 0.0243. The number of rotatable bonds is 4. The van der Waals surface area contributed by atoms with Gasteiger partial charge in [0.25, 0.3) is 0 Å². The number of nitrogens with zero attached hydrogens (tertiary/aromatic N) is 1. The van der Waals surface area contributed by atoms with Crippen LogP contribution in [0.1, 0.15) is 21.6 Å². The Labute approximate surface area is 139 Å². The summed E-state index contributed by atoms with van der Waals surface area (Å²) in [5.74, 6) is -1.22. The van der Waals surface area contributed by atoms with Gasteiger partial charge in [-0.2, -0.15) is 0 Å². The van der Waals surface area contributed by atoms with Crippen LogP contribution in [-0.4, -0.2) is 29.0 Å². The van der Waals surface area contributed by atoms with Gasteiger partial charge in [-0.25, -0.2) is 4.79 Å². The van der Waals surface area contributed by atoms with E-state index in [0.717, 1.165) is 22.2 Å². The van der Waals surface area contributed by atoms with Crippen molar-refractivity contribution < 1.29 is 14.7 Å². The maximum absolute atomic E-state index is 12.7. The highest BCUT2D eigenvalue weighted by Crippen LogP contribution is 2.25. The van der Waals surface area contributed by atoms with Gasteiger partial charge in [-0.1, -0.05) is 36.4 Å². The van der Waals surface area contributed by atoms with E-state index in [1.807, 2.05) is 49.4 Å². The number of amides is 1. The smallest absolute Gasteiger partial charge is 0.352 e. The van der Waals surface area contributed by atoms with E-state index in [-0.39, 0.29) is 18.0 Å². The second kappa shape index (κ2) is 6.20. The van der Waals surface area contributed by atoms with Crippen molar-refractivity contribution in [3.05, 3.63) is 65.4 Å². The van der Waals surface area contributed by atoms with Crippen LogP contribution < -0.4 is 4.90 Å². The Balaban J connectivity index is 1.97. The number of carbonyl (C=O) groups is 2. The van der Waals surface area contributed by atoms with Crippen molar-refractivity contribution >= 4 is 28.5 Å². The second-order valence-electron chi connectivity index (χ2n) is 5.75. The monoisotopic (exact) mass is 322 g/mol. The van der Waals surface area contributed by atoms with Crippen LogP contribution in [0, 0.1) is 6.92 Å². The molecule has 2 aromatic carbocycles. The molecular formula is C19H18N2O3. The number of carboxylic acids is 1. The summed E-state index contributed by atoms with van der Waals surface area (Å²) in [6, 6.07) is 14.9. The van der Waals surface area contributed by atoms with E-state index >= 15 is 0 Å². The number of fused-ring (bicyclic) bond motifs is 1. The first-order chi connectivity index (χ1) is 11.5. The molecule has 1 amide bonds. The molecule has 2 N–H and O–H groups in total. The first-order valence-corrected chi connectivity index (χ1v) is 7.64. The van der Waals surface area contributed by atoms with Gasteiger partial charge in [-0.15, -0.1) is 0 Å². The van der Waals surface area contributed by atoms with E-state index in [1.54, 1.807) is 18.0 Å². The number of H-pyrrole nitrogens is 1. The molecule has 0 saturated carbocycles. The van der Waals surface area contributed by atoms with Gasteiger partial charge >= 0.3 is 5.97 Å². The number of hydrogen-bond acceptors (Lipinski definition) is 2. The van der Waals surface area contributed by atoms with Crippen LogP contribution in [0.3, 0.4) is 0 Å². The number of anilines is 1. The normalized spacial score (nSPS) is 10.8. The number of likely N-dealkylation sites (N-methyl/N-ethyl adjacent to an activating group) is 1. The van der Waals surface area contributed by atoms with Crippen molar-refractivity contribution in [1.82, 2.24) is 4.98 Å². The molecule has 0 fully saturated rings. The molecule has 0 bridgehead atoms. The first-order valence-electron chi connectivity index (χ1n) is 7.64. The molecule has 3 aromatic rings. The Bertz CT molecular complexity index is 927. The predicted molar refractivity (Wildman–Crippen MR) is 93.6 cm³/mol. The Morgan fingerprint density at radius 3 is 2.46 bits per heavy atom. The molecule has 0 aliphatic rings. The largest absolute Gasteiger partial charge is 0.477 e. The van der Waals surface area contributed by atoms with E-state index in [1.165, 1.54) is 0 Å². The molecule has 0 aliphatic carbocycles. The van der Waals surface area contributed by atoms with Crippen molar-refractivity contribution in [2.45, 2.75) is 13.3 Å². The molecule has 1 aromatic heterocycles. The fourth-order valence-corrected chi connectivity index (χ4v) is 2.91. The first kappa shape index (κ1) is 15.8. The minimum Gasteiger partial charge on any atom is -0.477 e. The standard InChI is InChI=1S/C19H18N2O3/c1-12-7-3-6-10-16(12)21(2)17(22)11-14-13-8-4-5-9-15(13)20-18(14)19(23)24/h3-10,20H,11H2,1-2H3,(H,23,24). The van der Waals surface area contributed by atoms with Gasteiger partial charge in [0.05, 0.1) is 6.42 Å². The lowest BCUT2D eigenvalue weighted by molar-refractivity contribution is -0.117. The summed E-state index contributed by atoms with van der Waals surface area (Å²) in [5.41, 5.74) is 3.12. The number of aromatic carboxylic acids is 1. The van der Waals surface area contributed by atoms with Crippen LogP contribution in [0.2, 0.25) is 0 Å². The highest BCUT2D eigenvalue weighted by atomic mass is 16.4. The lowest BCUT2D eigenvalue weighted by Crippen LogP contribution is -2.28. The van der Waals surface area contributed by atoms with Crippen LogP contribution in [0.5, 0.6) is 0 Å². The fraction of sp³-hybridized carbons (Fsp3) is 0.158. The average Bonchev–Trinajstić information content (AvgIpc) is 2.94. The fourth-order valence-electron chi connectivity index (χ4n) is 2.91. The van der Waals surface area contributed by atoms with Gasteiger partial charge in [-0.05, 0) is 24.6 Å². The van der Waals surface area contributed by atoms with E-state index in [4.69, 9.17) is 0 Å². The maximum atomic E-state index is 12.7. The maximum Gasteiger partial charge on any atom is 0.352 e. The Morgan fingerprint density at radius 1 is 1.08 bits per heavy atom. The number of aryl methyl sites for hydroxylation is 1. The highest BCUT2D eigenvalue weighted by Gasteiger charge is 2.21. The number of benzene rings is 2. The third kappa shape index (κ3) is 2.76. The van der Waals surface area contributed by atoms with E-state index in [9.17, 15) is 14.7 Å². The lowest BCUT2D eigenvalue weighted by Gasteiger charge is -2.19. The average molecular weight is 322 g/mol. The summed E-state index contributed by atoms with van der Waals surface area (Å²) >= 11 is 0. The minimum absolute atomic E-state index is 0.0243. The molecule has 0 aliphatic heterocycles. The van der Waals surface area contributed by atoms with Crippen molar-refractivity contribution in [3.8, 4) is 0 Å². The van der Waals surface area contributed by atoms with Gasteiger partial charge in [0, 0.05) is 29.2 Å². The van der Waals surface area contributed by atoms with Gasteiger partial charge in [0.15, 0.2) is 0 Å². The molecule has 1 heterocycles. The number of aromatic nitrogens is 1. The predicted octanol–water partition coefficient (Wildman–Crippen LogP) is 3.38. The van der Waals surface area contributed by atoms with Gasteiger partial charge in [0.2, 0.25) is 5.91 Å². The molecule has 3 rings (SSSR count). The second-order valence-corrected chi connectivity index (χ2v) is 5.75. The molecule has 5 nitrogen and oxygen atoms in total. The summed E-state index contributed by atoms with van der Waals surface area (Å²) in [6.45, 7) is 1.94. The van der Waals surface area contributed by atoms with E-state index in [2.05, 4.69) is 4.98 Å². The topological polar surface area (TPSA) is 73.4 Å². The minimum atomic E-state index is -1.06. The molecule has 0 unspecified atom stereocenters. The molecule has 122 valence electrons. The van der Waals surface area contributed by atoms with Crippen molar-refractivity contribution in [2.24, 2.45) is 0 Å². The van der Waals surface area contributed by atoms with Crippen LogP contribution in [0.15, 0.2) is 48.5 Å². The number of para-hydroxylation sites is 2. The van der Waals surface area contributed by atoms with E-state index < -0.39 is 5.97 Å². The molecule has 24 heavy (non-hydrogen) atoms. The molecule has 0 spiro atoms. The van der Waals surface area contributed by atoms with Gasteiger partial charge in [-0.3, -0.25) is 4.79 Å². The zero-order valence-electron chi connectivity index (χ0n) is 13.5. The third-order valence-corrected chi connectivity index (χ3v) is 4.21. The number of carboxylic acid groups (broad SMARTS) is 1. The van der Waals surface area contributed by atoms with Gasteiger partial charge < -0.3 is 15.0 Å². The van der Waals surface area contributed by atoms with Crippen molar-refractivity contribution in [1.29, 1.82) is 0 Å². The van der Waals surface area contributed by atoms with Crippen molar-refractivity contribution in [2.75, 3.05) is 11.9 Å². The van der Waals surface area contributed by atoms with Crippen molar-refractivity contribution in [3.63, 3.8) is 0 Å². The number of carbonyl (C=O) groups excluding carboxylic acids is 1. The third-order valence-electron chi connectivity index (χ3n) is 4.21. The van der Waals surface area contributed by atoms with Gasteiger partial charge in [0.1, 0.15) is 5.69 Å².